The van der Waals surface area contributed by atoms with Gasteiger partial charge in [-0.15, -0.1) is 0 Å². The van der Waals surface area contributed by atoms with E-state index in [1.807, 2.05) is 27.8 Å². The molecule has 0 saturated heterocycles. The van der Waals surface area contributed by atoms with Gasteiger partial charge in [-0.2, -0.15) is 5.10 Å². The molecule has 7 heteroatoms. The molecule has 2 rings (SSSR count). The predicted octanol–water partition coefficient (Wildman–Crippen LogP) is 2.69. The SMILES string of the molecule is CCc1ccc(NC(=O)Cc2c(C)nn(C)c2C)cc1[N+](=O)[O-]. The lowest BCUT2D eigenvalue weighted by atomic mass is 10.1. The summed E-state index contributed by atoms with van der Waals surface area (Å²) in [7, 11) is 1.83. The number of carbonyl (C=O) groups excluding carboxylic acids is 1. The number of benzene rings is 1. The molecular weight excluding hydrogens is 296 g/mol. The van der Waals surface area contributed by atoms with Gasteiger partial charge in [0, 0.05) is 35.6 Å². The summed E-state index contributed by atoms with van der Waals surface area (Å²) in [4.78, 5) is 22.9. The zero-order valence-corrected chi connectivity index (χ0v) is 13.7. The summed E-state index contributed by atoms with van der Waals surface area (Å²) in [6.45, 7) is 5.62. The smallest absolute Gasteiger partial charge is 0.274 e. The van der Waals surface area contributed by atoms with Crippen molar-refractivity contribution in [2.24, 2.45) is 7.05 Å². The van der Waals surface area contributed by atoms with Gasteiger partial charge < -0.3 is 5.32 Å². The third-order valence-corrected chi connectivity index (χ3v) is 3.94. The number of nitro groups is 1. The number of amides is 1. The maximum Gasteiger partial charge on any atom is 0.274 e. The normalized spacial score (nSPS) is 10.6. The summed E-state index contributed by atoms with van der Waals surface area (Å²) in [5.41, 5.74) is 3.73. The first-order valence-electron chi connectivity index (χ1n) is 7.39. The molecule has 23 heavy (non-hydrogen) atoms. The third-order valence-electron chi connectivity index (χ3n) is 3.94. The van der Waals surface area contributed by atoms with E-state index in [9.17, 15) is 14.9 Å². The average Bonchev–Trinajstić information content (AvgIpc) is 2.73. The summed E-state index contributed by atoms with van der Waals surface area (Å²) >= 11 is 0. The molecule has 1 aromatic carbocycles. The van der Waals surface area contributed by atoms with Crippen LogP contribution < -0.4 is 5.32 Å². The highest BCUT2D eigenvalue weighted by Gasteiger charge is 2.16. The standard InChI is InChI=1S/C16H20N4O3/c1-5-12-6-7-13(8-15(12)20(22)23)17-16(21)9-14-10(2)18-19(4)11(14)3/h6-8H,5,9H2,1-4H3,(H,17,21). The summed E-state index contributed by atoms with van der Waals surface area (Å²) in [6, 6.07) is 4.76. The minimum absolute atomic E-state index is 0.0269. The molecule has 0 aliphatic heterocycles. The van der Waals surface area contributed by atoms with Gasteiger partial charge in [-0.1, -0.05) is 13.0 Å². The zero-order chi connectivity index (χ0) is 17.1. The van der Waals surface area contributed by atoms with Crippen LogP contribution in [0, 0.1) is 24.0 Å². The van der Waals surface area contributed by atoms with E-state index in [0.29, 0.717) is 17.7 Å². The summed E-state index contributed by atoms with van der Waals surface area (Å²) in [6.07, 6.45) is 0.757. The molecular formula is C16H20N4O3. The van der Waals surface area contributed by atoms with Gasteiger partial charge >= 0.3 is 0 Å². The second-order valence-corrected chi connectivity index (χ2v) is 5.45. The van der Waals surface area contributed by atoms with Gasteiger partial charge in [0.2, 0.25) is 5.91 Å². The molecule has 2 aromatic rings. The number of aryl methyl sites for hydroxylation is 3. The number of rotatable bonds is 5. The monoisotopic (exact) mass is 316 g/mol. The molecule has 122 valence electrons. The fourth-order valence-electron chi connectivity index (χ4n) is 2.55. The van der Waals surface area contributed by atoms with Gasteiger partial charge in [0.15, 0.2) is 0 Å². The summed E-state index contributed by atoms with van der Waals surface area (Å²) in [5.74, 6) is -0.220. The number of anilines is 1. The Morgan fingerprint density at radius 1 is 1.39 bits per heavy atom. The quantitative estimate of drug-likeness (QED) is 0.678. The Labute approximate surface area is 134 Å². The van der Waals surface area contributed by atoms with E-state index >= 15 is 0 Å². The Morgan fingerprint density at radius 2 is 2.09 bits per heavy atom. The van der Waals surface area contributed by atoms with Crippen molar-refractivity contribution in [1.29, 1.82) is 0 Å². The predicted molar refractivity (Wildman–Crippen MR) is 87.5 cm³/mol. The molecule has 0 aliphatic rings. The number of carbonyl (C=O) groups is 1. The van der Waals surface area contributed by atoms with Gasteiger partial charge in [-0.05, 0) is 26.3 Å². The van der Waals surface area contributed by atoms with Gasteiger partial charge in [0.05, 0.1) is 17.0 Å². The first kappa shape index (κ1) is 16.7. The Balaban J connectivity index is 2.17. The number of hydrogen-bond donors (Lipinski definition) is 1. The van der Waals surface area contributed by atoms with Crippen LogP contribution in [0.5, 0.6) is 0 Å². The van der Waals surface area contributed by atoms with Crippen LogP contribution in [0.3, 0.4) is 0 Å². The fraction of sp³-hybridized carbons (Fsp3) is 0.375. The van der Waals surface area contributed by atoms with E-state index in [4.69, 9.17) is 0 Å². The number of nitrogens with zero attached hydrogens (tertiary/aromatic N) is 3. The second-order valence-electron chi connectivity index (χ2n) is 5.45. The van der Waals surface area contributed by atoms with Crippen molar-refractivity contribution < 1.29 is 9.72 Å². The van der Waals surface area contributed by atoms with E-state index in [2.05, 4.69) is 10.4 Å². The molecule has 0 radical (unpaired) electrons. The molecule has 0 atom stereocenters. The number of nitrogens with one attached hydrogen (secondary N) is 1. The van der Waals surface area contributed by atoms with Crippen LogP contribution >= 0.6 is 0 Å². The highest BCUT2D eigenvalue weighted by atomic mass is 16.6. The first-order valence-corrected chi connectivity index (χ1v) is 7.39. The van der Waals surface area contributed by atoms with Crippen LogP contribution in [0.4, 0.5) is 11.4 Å². The summed E-state index contributed by atoms with van der Waals surface area (Å²) < 4.78 is 1.73. The van der Waals surface area contributed by atoms with E-state index in [-0.39, 0.29) is 18.0 Å². The highest BCUT2D eigenvalue weighted by Crippen LogP contribution is 2.24. The zero-order valence-electron chi connectivity index (χ0n) is 13.7. The van der Waals surface area contributed by atoms with Crippen molar-refractivity contribution in [1.82, 2.24) is 9.78 Å². The molecule has 0 fully saturated rings. The third kappa shape index (κ3) is 3.56. The van der Waals surface area contributed by atoms with Crippen molar-refractivity contribution in [2.75, 3.05) is 5.32 Å². The molecule has 0 bridgehead atoms. The van der Waals surface area contributed by atoms with Crippen molar-refractivity contribution >= 4 is 17.3 Å². The largest absolute Gasteiger partial charge is 0.326 e. The van der Waals surface area contributed by atoms with Crippen molar-refractivity contribution in [2.45, 2.75) is 33.6 Å². The van der Waals surface area contributed by atoms with Crippen LogP contribution in [0.1, 0.15) is 29.4 Å². The maximum atomic E-state index is 12.2. The molecule has 1 N–H and O–H groups in total. The minimum Gasteiger partial charge on any atom is -0.326 e. The number of aromatic nitrogens is 2. The van der Waals surface area contributed by atoms with Gasteiger partial charge in [-0.3, -0.25) is 19.6 Å². The summed E-state index contributed by atoms with van der Waals surface area (Å²) in [5, 5.41) is 18.1. The van der Waals surface area contributed by atoms with Gasteiger partial charge in [-0.25, -0.2) is 0 Å². The molecule has 0 saturated carbocycles. The number of nitro benzene ring substituents is 1. The Kier molecular flexibility index (Phi) is 4.78. The number of hydrogen-bond acceptors (Lipinski definition) is 4. The van der Waals surface area contributed by atoms with E-state index in [1.54, 1.807) is 16.8 Å². The maximum absolute atomic E-state index is 12.2. The molecule has 0 unspecified atom stereocenters. The lowest BCUT2D eigenvalue weighted by Crippen LogP contribution is -2.15. The Morgan fingerprint density at radius 3 is 2.61 bits per heavy atom. The van der Waals surface area contributed by atoms with Crippen molar-refractivity contribution in [3.63, 3.8) is 0 Å². The first-order chi connectivity index (χ1) is 10.8. The van der Waals surface area contributed by atoms with Crippen LogP contribution in [0.15, 0.2) is 18.2 Å². The topological polar surface area (TPSA) is 90.1 Å². The highest BCUT2D eigenvalue weighted by molar-refractivity contribution is 5.92. The van der Waals surface area contributed by atoms with Crippen molar-refractivity contribution in [3.05, 3.63) is 50.8 Å². The van der Waals surface area contributed by atoms with E-state index < -0.39 is 4.92 Å². The molecule has 0 aliphatic carbocycles. The van der Waals surface area contributed by atoms with E-state index in [0.717, 1.165) is 17.0 Å². The van der Waals surface area contributed by atoms with E-state index in [1.165, 1.54) is 6.07 Å². The fourth-order valence-corrected chi connectivity index (χ4v) is 2.55. The van der Waals surface area contributed by atoms with Crippen LogP contribution in [-0.4, -0.2) is 20.6 Å². The van der Waals surface area contributed by atoms with Gasteiger partial charge in [0.25, 0.3) is 5.69 Å². The molecule has 1 heterocycles. The Bertz CT molecular complexity index is 765. The van der Waals surface area contributed by atoms with Gasteiger partial charge in [0.1, 0.15) is 0 Å². The Hall–Kier alpha value is -2.70. The molecule has 0 spiro atoms. The second kappa shape index (κ2) is 6.60. The molecule has 1 aromatic heterocycles. The van der Waals surface area contributed by atoms with Crippen LogP contribution in [-0.2, 0) is 24.7 Å². The van der Waals surface area contributed by atoms with Crippen molar-refractivity contribution in [3.8, 4) is 0 Å². The average molecular weight is 316 g/mol. The lowest BCUT2D eigenvalue weighted by Gasteiger charge is -2.07. The molecule has 1 amide bonds. The minimum atomic E-state index is -0.427. The van der Waals surface area contributed by atoms with Crippen LogP contribution in [0.25, 0.3) is 0 Å². The lowest BCUT2D eigenvalue weighted by molar-refractivity contribution is -0.385. The molecule has 7 nitrogen and oxygen atoms in total. The van der Waals surface area contributed by atoms with Crippen LogP contribution in [0.2, 0.25) is 0 Å².